The Kier molecular flexibility index (Phi) is 6.93. The second kappa shape index (κ2) is 10.2. The van der Waals surface area contributed by atoms with Gasteiger partial charge in [0, 0.05) is 37.2 Å². The Morgan fingerprint density at radius 3 is 2.65 bits per heavy atom. The third-order valence-corrected chi connectivity index (χ3v) is 7.89. The van der Waals surface area contributed by atoms with E-state index in [4.69, 9.17) is 4.74 Å². The summed E-state index contributed by atoms with van der Waals surface area (Å²) in [7, 11) is 0. The minimum absolute atomic E-state index is 0.104. The van der Waals surface area contributed by atoms with Crippen LogP contribution in [-0.4, -0.2) is 51.7 Å². The van der Waals surface area contributed by atoms with E-state index in [0.29, 0.717) is 55.2 Å². The molecule has 1 spiro atoms. The first kappa shape index (κ1) is 25.2. The minimum atomic E-state index is -2.98. The zero-order valence-electron chi connectivity index (χ0n) is 20.5. The summed E-state index contributed by atoms with van der Waals surface area (Å²) in [6.07, 6.45) is 7.06. The van der Waals surface area contributed by atoms with Gasteiger partial charge >= 0.3 is 6.55 Å². The smallest absolute Gasteiger partial charge is 0.333 e. The van der Waals surface area contributed by atoms with E-state index in [1.54, 1.807) is 12.3 Å². The molecule has 0 radical (unpaired) electrons. The molecule has 37 heavy (non-hydrogen) atoms. The molecule has 2 aliphatic heterocycles. The molecule has 1 atom stereocenters. The third-order valence-electron chi connectivity index (χ3n) is 7.89. The molecular weight excluding hydrogens is 486 g/mol. The molecule has 2 aromatic heterocycles. The van der Waals surface area contributed by atoms with Crippen LogP contribution in [0.15, 0.2) is 24.5 Å². The Bertz CT molecular complexity index is 1190. The number of ether oxygens (including phenoxy) is 1. The van der Waals surface area contributed by atoms with Gasteiger partial charge in [-0.25, -0.2) is 4.98 Å². The monoisotopic (exact) mass is 516 g/mol. The number of halogens is 2. The molecule has 198 valence electrons. The minimum Gasteiger partial charge on any atom is -0.381 e. The molecule has 0 aromatic carbocycles. The SMILES string of the molecule is CC1CCC(C(NC(=O)c2ccnn2C(F)F)C(=O)Nc2cc3c(cn2)C2(CCOCC2)C(=O)N3)CC1. The summed E-state index contributed by atoms with van der Waals surface area (Å²) in [5.74, 6) is -0.818. The predicted molar refractivity (Wildman–Crippen MR) is 129 cm³/mol. The van der Waals surface area contributed by atoms with Gasteiger partial charge in [-0.15, -0.1) is 0 Å². The number of hydrogen-bond acceptors (Lipinski definition) is 6. The van der Waals surface area contributed by atoms with E-state index in [9.17, 15) is 23.2 Å². The summed E-state index contributed by atoms with van der Waals surface area (Å²) >= 11 is 0. The highest BCUT2D eigenvalue weighted by Crippen LogP contribution is 2.44. The number of pyridine rings is 1. The molecule has 1 aliphatic carbocycles. The van der Waals surface area contributed by atoms with Crippen LogP contribution in [0, 0.1) is 11.8 Å². The van der Waals surface area contributed by atoms with E-state index in [-0.39, 0.29) is 23.3 Å². The third kappa shape index (κ3) is 4.81. The Balaban J connectivity index is 1.36. The van der Waals surface area contributed by atoms with Crippen LogP contribution < -0.4 is 16.0 Å². The quantitative estimate of drug-likeness (QED) is 0.541. The van der Waals surface area contributed by atoms with Crippen molar-refractivity contribution in [2.75, 3.05) is 23.8 Å². The van der Waals surface area contributed by atoms with Crippen molar-refractivity contribution in [3.05, 3.63) is 35.8 Å². The number of nitrogens with zero attached hydrogens (tertiary/aromatic N) is 3. The first-order chi connectivity index (χ1) is 17.8. The summed E-state index contributed by atoms with van der Waals surface area (Å²) in [6.45, 7) is 0.122. The average Bonchev–Trinajstić information content (AvgIpc) is 3.47. The molecule has 1 unspecified atom stereocenters. The maximum atomic E-state index is 13.4. The highest BCUT2D eigenvalue weighted by Gasteiger charge is 2.48. The second-order valence-electron chi connectivity index (χ2n) is 10.2. The number of amides is 3. The van der Waals surface area contributed by atoms with Gasteiger partial charge in [0.05, 0.1) is 11.1 Å². The molecule has 3 aliphatic rings. The molecule has 3 amide bonds. The Labute approximate surface area is 212 Å². The molecule has 2 aromatic rings. The number of carbonyl (C=O) groups excluding carboxylic acids is 3. The molecule has 0 bridgehead atoms. The van der Waals surface area contributed by atoms with Crippen LogP contribution in [0.5, 0.6) is 0 Å². The lowest BCUT2D eigenvalue weighted by molar-refractivity contribution is -0.124. The van der Waals surface area contributed by atoms with Crippen LogP contribution in [0.3, 0.4) is 0 Å². The van der Waals surface area contributed by atoms with E-state index in [1.165, 1.54) is 6.07 Å². The van der Waals surface area contributed by atoms with Crippen molar-refractivity contribution in [3.8, 4) is 0 Å². The van der Waals surface area contributed by atoms with Crippen molar-refractivity contribution in [2.45, 2.75) is 63.5 Å². The molecule has 12 heteroatoms. The number of carbonyl (C=O) groups is 3. The fourth-order valence-corrected chi connectivity index (χ4v) is 5.67. The average molecular weight is 517 g/mol. The van der Waals surface area contributed by atoms with Gasteiger partial charge in [0.25, 0.3) is 5.91 Å². The highest BCUT2D eigenvalue weighted by molar-refractivity contribution is 6.07. The topological polar surface area (TPSA) is 127 Å². The lowest BCUT2D eigenvalue weighted by atomic mass is 9.76. The van der Waals surface area contributed by atoms with Gasteiger partial charge in [0.15, 0.2) is 0 Å². The number of hydrogen-bond donors (Lipinski definition) is 3. The summed E-state index contributed by atoms with van der Waals surface area (Å²) in [6, 6.07) is 1.85. The molecule has 4 heterocycles. The predicted octanol–water partition coefficient (Wildman–Crippen LogP) is 3.24. The lowest BCUT2D eigenvalue weighted by Crippen LogP contribution is -2.49. The summed E-state index contributed by atoms with van der Waals surface area (Å²) < 4.78 is 32.3. The normalized spacial score (nSPS) is 23.4. The van der Waals surface area contributed by atoms with Crippen molar-refractivity contribution in [2.24, 2.45) is 11.8 Å². The van der Waals surface area contributed by atoms with Crippen LogP contribution in [-0.2, 0) is 19.7 Å². The Hall–Kier alpha value is -3.41. The van der Waals surface area contributed by atoms with Gasteiger partial charge < -0.3 is 20.7 Å². The molecule has 5 rings (SSSR count). The zero-order valence-corrected chi connectivity index (χ0v) is 20.5. The van der Waals surface area contributed by atoms with E-state index < -0.39 is 29.8 Å². The van der Waals surface area contributed by atoms with Crippen LogP contribution >= 0.6 is 0 Å². The van der Waals surface area contributed by atoms with E-state index >= 15 is 0 Å². The maximum absolute atomic E-state index is 13.4. The lowest BCUT2D eigenvalue weighted by Gasteiger charge is -2.32. The second-order valence-corrected chi connectivity index (χ2v) is 10.2. The first-order valence-electron chi connectivity index (χ1n) is 12.6. The highest BCUT2D eigenvalue weighted by atomic mass is 19.3. The molecular formula is C25H30F2N6O4. The zero-order chi connectivity index (χ0) is 26.2. The first-order valence-corrected chi connectivity index (χ1v) is 12.6. The molecule has 2 fully saturated rings. The number of nitrogens with one attached hydrogen (secondary N) is 3. The molecule has 3 N–H and O–H groups in total. The van der Waals surface area contributed by atoms with Gasteiger partial charge in [0.1, 0.15) is 17.6 Å². The summed E-state index contributed by atoms with van der Waals surface area (Å²) in [5.41, 5.74) is 0.374. The largest absolute Gasteiger partial charge is 0.381 e. The number of rotatable bonds is 6. The summed E-state index contributed by atoms with van der Waals surface area (Å²) in [4.78, 5) is 43.5. The summed E-state index contributed by atoms with van der Waals surface area (Å²) in [5, 5.41) is 11.8. The number of anilines is 2. The van der Waals surface area contributed by atoms with Crippen molar-refractivity contribution >= 4 is 29.2 Å². The Morgan fingerprint density at radius 2 is 1.95 bits per heavy atom. The number of aromatic nitrogens is 3. The van der Waals surface area contributed by atoms with Crippen LogP contribution in [0.4, 0.5) is 20.3 Å². The van der Waals surface area contributed by atoms with Crippen LogP contribution in [0.2, 0.25) is 0 Å². The van der Waals surface area contributed by atoms with Gasteiger partial charge in [-0.2, -0.15) is 18.6 Å². The Morgan fingerprint density at radius 1 is 1.22 bits per heavy atom. The van der Waals surface area contributed by atoms with Crippen molar-refractivity contribution in [1.82, 2.24) is 20.1 Å². The maximum Gasteiger partial charge on any atom is 0.333 e. The molecule has 1 saturated carbocycles. The van der Waals surface area contributed by atoms with Crippen LogP contribution in [0.25, 0.3) is 0 Å². The number of alkyl halides is 2. The standard InChI is InChI=1S/C25H30F2N6O4/c1-14-2-4-15(5-3-14)20(32-21(34)18-6-9-29-33(18)24(26)27)22(35)31-19-12-17-16(13-28-19)25(23(36)30-17)7-10-37-11-8-25/h6,9,12-15,20,24H,2-5,7-8,10-11H2,1H3,(H,30,36)(H,32,34)(H,28,31,35). The fraction of sp³-hybridized carbons (Fsp3) is 0.560. The van der Waals surface area contributed by atoms with E-state index in [2.05, 4.69) is 33.0 Å². The van der Waals surface area contributed by atoms with Gasteiger partial charge in [-0.1, -0.05) is 19.8 Å². The van der Waals surface area contributed by atoms with Crippen LogP contribution in [0.1, 0.15) is 68.0 Å². The van der Waals surface area contributed by atoms with E-state index in [1.807, 2.05) is 0 Å². The van der Waals surface area contributed by atoms with Crippen molar-refractivity contribution < 1.29 is 27.9 Å². The van der Waals surface area contributed by atoms with Crippen molar-refractivity contribution in [1.29, 1.82) is 0 Å². The number of fused-ring (bicyclic) bond motifs is 2. The van der Waals surface area contributed by atoms with Gasteiger partial charge in [-0.3, -0.25) is 14.4 Å². The fourth-order valence-electron chi connectivity index (χ4n) is 5.67. The van der Waals surface area contributed by atoms with Gasteiger partial charge in [0.2, 0.25) is 11.8 Å². The van der Waals surface area contributed by atoms with E-state index in [0.717, 1.165) is 24.6 Å². The van der Waals surface area contributed by atoms with Crippen molar-refractivity contribution in [3.63, 3.8) is 0 Å². The van der Waals surface area contributed by atoms with Gasteiger partial charge in [-0.05, 0) is 43.6 Å². The molecule has 1 saturated heterocycles. The molecule has 10 nitrogen and oxygen atoms in total.